The number of nitrogens with one attached hydrogen (secondary N) is 1. The van der Waals surface area contributed by atoms with Crippen LogP contribution in [0, 0.1) is 6.92 Å². The van der Waals surface area contributed by atoms with Crippen molar-refractivity contribution in [1.82, 2.24) is 4.98 Å². The number of para-hydroxylation sites is 2. The molecule has 1 aromatic heterocycles. The Bertz CT molecular complexity index is 732. The summed E-state index contributed by atoms with van der Waals surface area (Å²) in [5.74, 6) is 0. The minimum absolute atomic E-state index is 0.618. The molecule has 0 saturated carbocycles. The van der Waals surface area contributed by atoms with E-state index in [9.17, 15) is 0 Å². The van der Waals surface area contributed by atoms with Crippen molar-refractivity contribution >= 4 is 51.6 Å². The minimum atomic E-state index is 0.618. The first-order chi connectivity index (χ1) is 10.0. The van der Waals surface area contributed by atoms with Crippen molar-refractivity contribution in [3.63, 3.8) is 0 Å². The van der Waals surface area contributed by atoms with Gasteiger partial charge in [-0.05, 0) is 31.4 Å². The maximum Gasteiger partial charge on any atom is 0.0657 e. The van der Waals surface area contributed by atoms with E-state index in [1.165, 1.54) is 16.0 Å². The van der Waals surface area contributed by atoms with E-state index in [-0.39, 0.29) is 0 Å². The second-order valence-electron chi connectivity index (χ2n) is 4.47. The molecule has 0 aliphatic rings. The minimum Gasteiger partial charge on any atom is -0.398 e. The zero-order chi connectivity index (χ0) is 15.4. The highest BCUT2D eigenvalue weighted by molar-refractivity contribution is 7.98. The van der Waals surface area contributed by atoms with E-state index in [2.05, 4.69) is 24.2 Å². The van der Waals surface area contributed by atoms with Gasteiger partial charge in [0.2, 0.25) is 0 Å². The predicted octanol–water partition coefficient (Wildman–Crippen LogP) is 5.77. The quantitative estimate of drug-likeness (QED) is 0.436. The third-order valence-electron chi connectivity index (χ3n) is 3.02. The van der Waals surface area contributed by atoms with Crippen LogP contribution in [-0.2, 0) is 0 Å². The van der Waals surface area contributed by atoms with Gasteiger partial charge in [0.1, 0.15) is 0 Å². The zero-order valence-corrected chi connectivity index (χ0v) is 14.1. The van der Waals surface area contributed by atoms with Gasteiger partial charge in [-0.2, -0.15) is 0 Å². The Kier molecular flexibility index (Phi) is 5.45. The molecule has 2 nitrogen and oxygen atoms in total. The highest BCUT2D eigenvalue weighted by Gasteiger charge is 2.08. The molecule has 0 amide bonds. The van der Waals surface area contributed by atoms with Crippen LogP contribution in [0.15, 0.2) is 47.4 Å². The van der Waals surface area contributed by atoms with Crippen molar-refractivity contribution < 1.29 is 0 Å². The Morgan fingerprint density at radius 3 is 2.24 bits per heavy atom. The lowest BCUT2D eigenvalue weighted by atomic mass is 10.2. The molecule has 0 atom stereocenters. The fourth-order valence-corrected chi connectivity index (χ4v) is 3.13. The molecule has 5 heteroatoms. The number of benzene rings is 2. The number of nitrogen functional groups attached to an aromatic ring is 1. The molecule has 110 valence electrons. The predicted molar refractivity (Wildman–Crippen MR) is 95.7 cm³/mol. The Balaban J connectivity index is 0.000000173. The maximum absolute atomic E-state index is 6.06. The average Bonchev–Trinajstić information content (AvgIpc) is 2.80. The number of nitrogens with two attached hydrogens (primary N) is 1. The Morgan fingerprint density at radius 1 is 1.00 bits per heavy atom. The molecule has 3 rings (SSSR count). The summed E-state index contributed by atoms with van der Waals surface area (Å²) in [5, 5.41) is 2.63. The number of hydrogen-bond donors (Lipinski definition) is 2. The van der Waals surface area contributed by atoms with Gasteiger partial charge in [-0.1, -0.05) is 47.5 Å². The largest absolute Gasteiger partial charge is 0.398 e. The van der Waals surface area contributed by atoms with E-state index in [4.69, 9.17) is 28.9 Å². The number of aromatic nitrogens is 1. The lowest BCUT2D eigenvalue weighted by Gasteiger charge is -1.94. The molecule has 0 unspecified atom stereocenters. The molecular formula is C16H16Cl2N2S. The van der Waals surface area contributed by atoms with Crippen molar-refractivity contribution in [2.24, 2.45) is 0 Å². The number of aryl methyl sites for hydroxylation is 1. The van der Waals surface area contributed by atoms with Crippen molar-refractivity contribution in [3.05, 3.63) is 58.2 Å². The van der Waals surface area contributed by atoms with E-state index < -0.39 is 0 Å². The van der Waals surface area contributed by atoms with Gasteiger partial charge in [-0.3, -0.25) is 0 Å². The van der Waals surface area contributed by atoms with Crippen LogP contribution < -0.4 is 5.73 Å². The summed E-state index contributed by atoms with van der Waals surface area (Å²) in [7, 11) is 0. The van der Waals surface area contributed by atoms with Crippen molar-refractivity contribution in [2.45, 2.75) is 11.8 Å². The number of anilines is 1. The highest BCUT2D eigenvalue weighted by Crippen LogP contribution is 2.33. The molecule has 3 N–H and O–H groups in total. The Morgan fingerprint density at radius 2 is 1.67 bits per heavy atom. The topological polar surface area (TPSA) is 41.8 Å². The molecule has 21 heavy (non-hydrogen) atoms. The summed E-state index contributed by atoms with van der Waals surface area (Å²) in [6.07, 6.45) is 2.08. The SMILES string of the molecule is CSc1c(C)[nH]c2c(Cl)cccc12.Nc1ccccc1Cl. The van der Waals surface area contributed by atoms with Crippen LogP contribution in [0.4, 0.5) is 5.69 Å². The molecular weight excluding hydrogens is 323 g/mol. The van der Waals surface area contributed by atoms with Gasteiger partial charge in [0.05, 0.1) is 21.2 Å². The monoisotopic (exact) mass is 338 g/mol. The van der Waals surface area contributed by atoms with Gasteiger partial charge in [-0.25, -0.2) is 0 Å². The zero-order valence-electron chi connectivity index (χ0n) is 11.8. The fourth-order valence-electron chi connectivity index (χ4n) is 2.02. The van der Waals surface area contributed by atoms with Crippen LogP contribution in [0.3, 0.4) is 0 Å². The summed E-state index contributed by atoms with van der Waals surface area (Å²) < 4.78 is 0. The molecule has 0 aliphatic heterocycles. The second-order valence-corrected chi connectivity index (χ2v) is 6.10. The molecule has 0 bridgehead atoms. The van der Waals surface area contributed by atoms with E-state index in [1.54, 1.807) is 23.9 Å². The summed E-state index contributed by atoms with van der Waals surface area (Å²) in [4.78, 5) is 4.58. The lowest BCUT2D eigenvalue weighted by molar-refractivity contribution is 1.23. The first-order valence-electron chi connectivity index (χ1n) is 6.35. The molecule has 1 heterocycles. The summed E-state index contributed by atoms with van der Waals surface area (Å²) in [6.45, 7) is 2.07. The number of hydrogen-bond acceptors (Lipinski definition) is 2. The van der Waals surface area contributed by atoms with Gasteiger partial charge in [0.25, 0.3) is 0 Å². The smallest absolute Gasteiger partial charge is 0.0657 e. The van der Waals surface area contributed by atoms with Crippen LogP contribution in [-0.4, -0.2) is 11.2 Å². The van der Waals surface area contributed by atoms with E-state index in [1.807, 2.05) is 24.3 Å². The summed E-state index contributed by atoms with van der Waals surface area (Å²) >= 11 is 13.4. The van der Waals surface area contributed by atoms with Gasteiger partial charge < -0.3 is 10.7 Å². The molecule has 0 fully saturated rings. The number of aromatic amines is 1. The summed E-state index contributed by atoms with van der Waals surface area (Å²) in [5.41, 5.74) is 8.26. The molecule has 0 aliphatic carbocycles. The van der Waals surface area contributed by atoms with E-state index in [0.29, 0.717) is 10.7 Å². The molecule has 3 aromatic rings. The lowest BCUT2D eigenvalue weighted by Crippen LogP contribution is -1.82. The van der Waals surface area contributed by atoms with E-state index in [0.717, 1.165) is 10.5 Å². The number of fused-ring (bicyclic) bond motifs is 1. The van der Waals surface area contributed by atoms with Crippen molar-refractivity contribution in [1.29, 1.82) is 0 Å². The third kappa shape index (κ3) is 3.67. The molecule has 0 spiro atoms. The van der Waals surface area contributed by atoms with Gasteiger partial charge in [-0.15, -0.1) is 11.8 Å². The Labute approximate surface area is 138 Å². The van der Waals surface area contributed by atoms with Gasteiger partial charge in [0, 0.05) is 16.0 Å². The number of H-pyrrole nitrogens is 1. The van der Waals surface area contributed by atoms with Crippen molar-refractivity contribution in [3.8, 4) is 0 Å². The molecule has 2 aromatic carbocycles. The summed E-state index contributed by atoms with van der Waals surface area (Å²) in [6, 6.07) is 13.2. The van der Waals surface area contributed by atoms with Gasteiger partial charge in [0.15, 0.2) is 0 Å². The fraction of sp³-hybridized carbons (Fsp3) is 0.125. The highest BCUT2D eigenvalue weighted by atomic mass is 35.5. The van der Waals surface area contributed by atoms with Crippen molar-refractivity contribution in [2.75, 3.05) is 12.0 Å². The average molecular weight is 339 g/mol. The number of rotatable bonds is 1. The molecule has 0 saturated heterocycles. The van der Waals surface area contributed by atoms with Crippen LogP contribution in [0.2, 0.25) is 10.0 Å². The first-order valence-corrected chi connectivity index (χ1v) is 8.33. The van der Waals surface area contributed by atoms with Crippen LogP contribution >= 0.6 is 35.0 Å². The first kappa shape index (κ1) is 16.1. The van der Waals surface area contributed by atoms with Crippen LogP contribution in [0.1, 0.15) is 5.69 Å². The number of halogens is 2. The standard InChI is InChI=1S/C10H10ClNS.C6H6ClN/c1-6-10(13-2)7-4-3-5-8(11)9(7)12-6;7-5-3-1-2-4-6(5)8/h3-5,12H,1-2H3;1-4H,8H2. The number of thioether (sulfide) groups is 1. The second kappa shape index (κ2) is 7.12. The maximum atomic E-state index is 6.06. The van der Waals surface area contributed by atoms with Crippen LogP contribution in [0.25, 0.3) is 10.9 Å². The molecule has 0 radical (unpaired) electrons. The third-order valence-corrected chi connectivity index (χ3v) is 4.61. The van der Waals surface area contributed by atoms with Gasteiger partial charge >= 0.3 is 0 Å². The normalized spacial score (nSPS) is 10.3. The van der Waals surface area contributed by atoms with Crippen LogP contribution in [0.5, 0.6) is 0 Å². The Hall–Kier alpha value is -1.29. The van der Waals surface area contributed by atoms with E-state index >= 15 is 0 Å².